The summed E-state index contributed by atoms with van der Waals surface area (Å²) in [6, 6.07) is 2.04. The predicted molar refractivity (Wildman–Crippen MR) is 67.5 cm³/mol. The van der Waals surface area contributed by atoms with E-state index in [1.807, 2.05) is 13.8 Å². The highest BCUT2D eigenvalue weighted by Crippen LogP contribution is 2.25. The highest BCUT2D eigenvalue weighted by Gasteiger charge is 2.28. The summed E-state index contributed by atoms with van der Waals surface area (Å²) in [5.41, 5.74) is 0.222. The van der Waals surface area contributed by atoms with E-state index in [-0.39, 0.29) is 16.2 Å². The van der Waals surface area contributed by atoms with E-state index in [2.05, 4.69) is 21.2 Å². The van der Waals surface area contributed by atoms with Crippen molar-refractivity contribution in [1.29, 1.82) is 0 Å². The second-order valence-corrected chi connectivity index (χ2v) is 5.46. The number of anilines is 1. The molecule has 1 aromatic carbocycles. The maximum atomic E-state index is 13.5. The summed E-state index contributed by atoms with van der Waals surface area (Å²) in [6.45, 7) is 4.44. The molecule has 0 amide bonds. The van der Waals surface area contributed by atoms with Gasteiger partial charge in [0.25, 0.3) is 0 Å². The zero-order valence-electron chi connectivity index (χ0n) is 10.1. The highest BCUT2D eigenvalue weighted by atomic mass is 79.9. The molecule has 0 unspecified atom stereocenters. The first-order valence-electron chi connectivity index (χ1n) is 5.56. The van der Waals surface area contributed by atoms with Crippen LogP contribution in [0.15, 0.2) is 16.6 Å². The number of halogens is 3. The standard InChI is InChI=1S/C12H14BrF2NO2/c1-12(2)17-5-7(6-18-12)16-11-3-8(13)9(14)4-10(11)15/h3-4,7,16H,5-6H2,1-2H3. The minimum absolute atomic E-state index is 0.162. The molecule has 6 heteroatoms. The molecule has 0 bridgehead atoms. The first-order chi connectivity index (χ1) is 8.37. The van der Waals surface area contributed by atoms with Crippen LogP contribution in [0.5, 0.6) is 0 Å². The Bertz CT molecular complexity index is 444. The van der Waals surface area contributed by atoms with E-state index in [0.29, 0.717) is 13.2 Å². The van der Waals surface area contributed by atoms with Gasteiger partial charge < -0.3 is 14.8 Å². The van der Waals surface area contributed by atoms with Gasteiger partial charge in [-0.1, -0.05) is 0 Å². The van der Waals surface area contributed by atoms with Crippen molar-refractivity contribution in [3.63, 3.8) is 0 Å². The van der Waals surface area contributed by atoms with Crippen molar-refractivity contribution in [2.24, 2.45) is 0 Å². The first kappa shape index (κ1) is 13.7. The molecule has 0 saturated carbocycles. The Morgan fingerprint density at radius 3 is 2.44 bits per heavy atom. The van der Waals surface area contributed by atoms with Gasteiger partial charge in [0.2, 0.25) is 0 Å². The molecule has 0 spiro atoms. The number of ether oxygens (including phenoxy) is 2. The number of hydrogen-bond donors (Lipinski definition) is 1. The van der Waals surface area contributed by atoms with Crippen molar-refractivity contribution < 1.29 is 18.3 Å². The van der Waals surface area contributed by atoms with Gasteiger partial charge in [-0.25, -0.2) is 8.78 Å². The summed E-state index contributed by atoms with van der Waals surface area (Å²) in [6.07, 6.45) is 0. The third kappa shape index (κ3) is 3.18. The molecule has 1 aliphatic rings. The van der Waals surface area contributed by atoms with Crippen molar-refractivity contribution in [1.82, 2.24) is 0 Å². The lowest BCUT2D eigenvalue weighted by molar-refractivity contribution is -0.247. The second-order valence-electron chi connectivity index (χ2n) is 4.61. The number of hydrogen-bond acceptors (Lipinski definition) is 3. The third-order valence-electron chi connectivity index (χ3n) is 2.63. The minimum Gasteiger partial charge on any atom is -0.375 e. The van der Waals surface area contributed by atoms with E-state index in [0.717, 1.165) is 6.07 Å². The molecular weight excluding hydrogens is 308 g/mol. The Labute approximate surface area is 113 Å². The summed E-state index contributed by atoms with van der Waals surface area (Å²) in [5.74, 6) is -1.88. The molecule has 0 aromatic heterocycles. The number of nitrogens with one attached hydrogen (secondary N) is 1. The van der Waals surface area contributed by atoms with Gasteiger partial charge in [-0.3, -0.25) is 0 Å². The number of benzene rings is 1. The molecule has 100 valence electrons. The van der Waals surface area contributed by atoms with Crippen LogP contribution >= 0.6 is 15.9 Å². The van der Waals surface area contributed by atoms with Crippen LogP contribution in [0.4, 0.5) is 14.5 Å². The topological polar surface area (TPSA) is 30.5 Å². The van der Waals surface area contributed by atoms with Crippen molar-refractivity contribution in [2.45, 2.75) is 25.7 Å². The summed E-state index contributed by atoms with van der Waals surface area (Å²) < 4.78 is 37.7. The zero-order chi connectivity index (χ0) is 13.3. The summed E-state index contributed by atoms with van der Waals surface area (Å²) in [7, 11) is 0. The van der Waals surface area contributed by atoms with Crippen LogP contribution in [-0.2, 0) is 9.47 Å². The van der Waals surface area contributed by atoms with Gasteiger partial charge in [-0.2, -0.15) is 0 Å². The van der Waals surface area contributed by atoms with Gasteiger partial charge in [0, 0.05) is 6.07 Å². The first-order valence-corrected chi connectivity index (χ1v) is 6.36. The third-order valence-corrected chi connectivity index (χ3v) is 3.24. The van der Waals surface area contributed by atoms with E-state index in [4.69, 9.17) is 9.47 Å². The summed E-state index contributed by atoms with van der Waals surface area (Å²) in [5, 5.41) is 2.93. The zero-order valence-corrected chi connectivity index (χ0v) is 11.7. The Hall–Kier alpha value is -0.720. The summed E-state index contributed by atoms with van der Waals surface area (Å²) >= 11 is 3.02. The van der Waals surface area contributed by atoms with Crippen molar-refractivity contribution in [3.8, 4) is 0 Å². The molecule has 0 radical (unpaired) electrons. The summed E-state index contributed by atoms with van der Waals surface area (Å²) in [4.78, 5) is 0. The monoisotopic (exact) mass is 321 g/mol. The molecule has 1 aliphatic heterocycles. The Morgan fingerprint density at radius 1 is 1.22 bits per heavy atom. The Kier molecular flexibility index (Phi) is 3.89. The van der Waals surface area contributed by atoms with Crippen molar-refractivity contribution in [3.05, 3.63) is 28.2 Å². The van der Waals surface area contributed by atoms with Crippen LogP contribution in [0.3, 0.4) is 0 Å². The molecule has 2 rings (SSSR count). The normalized spacial score (nSPS) is 19.8. The molecule has 1 aromatic rings. The molecule has 1 heterocycles. The van der Waals surface area contributed by atoms with Crippen LogP contribution < -0.4 is 5.32 Å². The van der Waals surface area contributed by atoms with Gasteiger partial charge in [-0.05, 0) is 35.8 Å². The second kappa shape index (κ2) is 5.11. The van der Waals surface area contributed by atoms with Crippen LogP contribution in [0.1, 0.15) is 13.8 Å². The predicted octanol–water partition coefficient (Wildman–Crippen LogP) is 3.29. The fraction of sp³-hybridized carbons (Fsp3) is 0.500. The highest BCUT2D eigenvalue weighted by molar-refractivity contribution is 9.10. The average Bonchev–Trinajstić information content (AvgIpc) is 2.28. The largest absolute Gasteiger partial charge is 0.375 e. The Morgan fingerprint density at radius 2 is 1.83 bits per heavy atom. The fourth-order valence-electron chi connectivity index (χ4n) is 1.63. The van der Waals surface area contributed by atoms with E-state index in [1.165, 1.54) is 6.07 Å². The Balaban J connectivity index is 2.04. The van der Waals surface area contributed by atoms with Crippen molar-refractivity contribution >= 4 is 21.6 Å². The molecule has 1 saturated heterocycles. The van der Waals surface area contributed by atoms with Crippen LogP contribution in [0.25, 0.3) is 0 Å². The lowest BCUT2D eigenvalue weighted by atomic mass is 10.2. The average molecular weight is 322 g/mol. The molecule has 3 nitrogen and oxygen atoms in total. The van der Waals surface area contributed by atoms with Crippen molar-refractivity contribution in [2.75, 3.05) is 18.5 Å². The molecule has 0 atom stereocenters. The van der Waals surface area contributed by atoms with E-state index in [9.17, 15) is 8.78 Å². The van der Waals surface area contributed by atoms with Gasteiger partial charge in [0.05, 0.1) is 29.4 Å². The molecular formula is C12H14BrF2NO2. The number of rotatable bonds is 2. The van der Waals surface area contributed by atoms with Gasteiger partial charge >= 0.3 is 0 Å². The van der Waals surface area contributed by atoms with Gasteiger partial charge in [0.1, 0.15) is 11.6 Å². The van der Waals surface area contributed by atoms with E-state index < -0.39 is 17.4 Å². The molecule has 1 N–H and O–H groups in total. The van der Waals surface area contributed by atoms with Crippen LogP contribution in [-0.4, -0.2) is 25.0 Å². The van der Waals surface area contributed by atoms with Gasteiger partial charge in [0.15, 0.2) is 5.79 Å². The van der Waals surface area contributed by atoms with Crippen LogP contribution in [0.2, 0.25) is 0 Å². The minimum atomic E-state index is -0.638. The lowest BCUT2D eigenvalue weighted by Crippen LogP contribution is -2.45. The molecule has 1 fully saturated rings. The maximum absolute atomic E-state index is 13.5. The van der Waals surface area contributed by atoms with E-state index in [1.54, 1.807) is 0 Å². The molecule has 18 heavy (non-hydrogen) atoms. The maximum Gasteiger partial charge on any atom is 0.162 e. The lowest BCUT2D eigenvalue weighted by Gasteiger charge is -2.35. The van der Waals surface area contributed by atoms with Gasteiger partial charge in [-0.15, -0.1) is 0 Å². The molecule has 0 aliphatic carbocycles. The van der Waals surface area contributed by atoms with E-state index >= 15 is 0 Å². The SMILES string of the molecule is CC1(C)OCC(Nc2cc(Br)c(F)cc2F)CO1. The fourth-order valence-corrected chi connectivity index (χ4v) is 1.97. The smallest absolute Gasteiger partial charge is 0.162 e. The van der Waals surface area contributed by atoms with Crippen LogP contribution in [0, 0.1) is 11.6 Å². The quantitative estimate of drug-likeness (QED) is 0.848.